The van der Waals surface area contributed by atoms with Gasteiger partial charge >= 0.3 is 6.18 Å². The van der Waals surface area contributed by atoms with Gasteiger partial charge in [0.25, 0.3) is 5.91 Å². The van der Waals surface area contributed by atoms with Crippen molar-refractivity contribution in [3.8, 4) is 5.69 Å². The van der Waals surface area contributed by atoms with E-state index in [-0.39, 0.29) is 22.7 Å². The second-order valence-corrected chi connectivity index (χ2v) is 6.69. The normalized spacial score (nSPS) is 20.9. The Morgan fingerprint density at radius 2 is 2.12 bits per heavy atom. The van der Waals surface area contributed by atoms with Crippen molar-refractivity contribution in [1.82, 2.24) is 14.7 Å². The lowest BCUT2D eigenvalue weighted by molar-refractivity contribution is -0.137. The Morgan fingerprint density at radius 3 is 2.76 bits per heavy atom. The van der Waals surface area contributed by atoms with Crippen molar-refractivity contribution >= 4 is 5.91 Å². The lowest BCUT2D eigenvalue weighted by Gasteiger charge is -2.22. The average Bonchev–Trinajstić information content (AvgIpc) is 3.21. The molecule has 2 N–H and O–H groups in total. The van der Waals surface area contributed by atoms with Crippen LogP contribution in [0, 0.1) is 5.41 Å². The van der Waals surface area contributed by atoms with Crippen LogP contribution in [-0.2, 0) is 6.18 Å². The smallest absolute Gasteiger partial charge is 0.337 e. The zero-order valence-corrected chi connectivity index (χ0v) is 13.8. The third kappa shape index (κ3) is 3.53. The Morgan fingerprint density at radius 1 is 1.36 bits per heavy atom. The minimum Gasteiger partial charge on any atom is -0.337 e. The summed E-state index contributed by atoms with van der Waals surface area (Å²) in [5, 5.41) is 4.15. The number of benzene rings is 1. The lowest BCUT2D eigenvalue weighted by atomic mass is 9.90. The van der Waals surface area contributed by atoms with Crippen molar-refractivity contribution in [2.45, 2.75) is 19.5 Å². The molecule has 134 valence electrons. The molecule has 0 radical (unpaired) electrons. The van der Waals surface area contributed by atoms with E-state index in [9.17, 15) is 18.0 Å². The molecule has 8 heteroatoms. The number of nitrogens with zero attached hydrogens (tertiary/aromatic N) is 3. The number of nitrogens with two attached hydrogens (primary N) is 1. The molecular weight excluding hydrogens is 333 g/mol. The summed E-state index contributed by atoms with van der Waals surface area (Å²) in [7, 11) is 0. The van der Waals surface area contributed by atoms with Gasteiger partial charge in [-0.2, -0.15) is 18.3 Å². The van der Waals surface area contributed by atoms with Gasteiger partial charge < -0.3 is 10.6 Å². The van der Waals surface area contributed by atoms with Crippen molar-refractivity contribution in [3.63, 3.8) is 0 Å². The van der Waals surface area contributed by atoms with Crippen LogP contribution in [0.5, 0.6) is 0 Å². The SMILES string of the molecule is CC1(CN)CCN(C(=O)c2ccn(-c3cccc(C(F)(F)F)c3)n2)C1. The number of carbonyl (C=O) groups excluding carboxylic acids is 1. The molecule has 1 aromatic carbocycles. The predicted molar refractivity (Wildman–Crippen MR) is 86.2 cm³/mol. The van der Waals surface area contributed by atoms with Gasteiger partial charge in [-0.3, -0.25) is 4.79 Å². The third-order valence-electron chi connectivity index (χ3n) is 4.58. The van der Waals surface area contributed by atoms with Crippen LogP contribution in [0.3, 0.4) is 0 Å². The highest BCUT2D eigenvalue weighted by atomic mass is 19.4. The van der Waals surface area contributed by atoms with Crippen molar-refractivity contribution in [3.05, 3.63) is 47.8 Å². The molecule has 1 fully saturated rings. The molecule has 1 amide bonds. The molecule has 25 heavy (non-hydrogen) atoms. The van der Waals surface area contributed by atoms with Crippen LogP contribution < -0.4 is 5.73 Å². The molecule has 0 spiro atoms. The van der Waals surface area contributed by atoms with Gasteiger partial charge in [0.05, 0.1) is 11.3 Å². The summed E-state index contributed by atoms with van der Waals surface area (Å²) in [6, 6.07) is 6.34. The van der Waals surface area contributed by atoms with Gasteiger partial charge in [-0.15, -0.1) is 0 Å². The van der Waals surface area contributed by atoms with E-state index in [4.69, 9.17) is 5.73 Å². The summed E-state index contributed by atoms with van der Waals surface area (Å²) in [6.07, 6.45) is -2.12. The van der Waals surface area contributed by atoms with E-state index < -0.39 is 11.7 Å². The third-order valence-corrected chi connectivity index (χ3v) is 4.58. The fourth-order valence-corrected chi connectivity index (χ4v) is 2.93. The summed E-state index contributed by atoms with van der Waals surface area (Å²) in [5.41, 5.74) is 5.35. The monoisotopic (exact) mass is 352 g/mol. The molecule has 1 saturated heterocycles. The van der Waals surface area contributed by atoms with Crippen molar-refractivity contribution in [2.24, 2.45) is 11.1 Å². The zero-order chi connectivity index (χ0) is 18.2. The molecule has 1 aromatic heterocycles. The number of alkyl halides is 3. The van der Waals surface area contributed by atoms with Gasteiger partial charge in [0.2, 0.25) is 0 Å². The van der Waals surface area contributed by atoms with E-state index in [0.717, 1.165) is 18.6 Å². The predicted octanol–water partition coefficient (Wildman–Crippen LogP) is 2.70. The largest absolute Gasteiger partial charge is 0.416 e. The molecule has 3 rings (SSSR count). The lowest BCUT2D eigenvalue weighted by Crippen LogP contribution is -2.34. The summed E-state index contributed by atoms with van der Waals surface area (Å²) in [6.45, 7) is 3.68. The Labute approximate surface area is 143 Å². The van der Waals surface area contributed by atoms with Crippen LogP contribution in [0.4, 0.5) is 13.2 Å². The summed E-state index contributed by atoms with van der Waals surface area (Å²) in [5.74, 6) is -0.233. The summed E-state index contributed by atoms with van der Waals surface area (Å²) < 4.78 is 39.8. The first-order chi connectivity index (χ1) is 11.7. The van der Waals surface area contributed by atoms with E-state index in [1.165, 1.54) is 29.1 Å². The van der Waals surface area contributed by atoms with E-state index in [0.29, 0.717) is 19.6 Å². The number of aromatic nitrogens is 2. The van der Waals surface area contributed by atoms with Gasteiger partial charge in [0, 0.05) is 19.3 Å². The molecule has 0 saturated carbocycles. The minimum atomic E-state index is -4.43. The van der Waals surface area contributed by atoms with Crippen LogP contribution in [0.25, 0.3) is 5.69 Å². The molecule has 2 heterocycles. The van der Waals surface area contributed by atoms with Crippen molar-refractivity contribution in [1.29, 1.82) is 0 Å². The van der Waals surface area contributed by atoms with Crippen LogP contribution in [0.15, 0.2) is 36.5 Å². The molecule has 1 atom stereocenters. The molecule has 2 aromatic rings. The highest BCUT2D eigenvalue weighted by Gasteiger charge is 2.36. The number of hydrogen-bond donors (Lipinski definition) is 1. The van der Waals surface area contributed by atoms with E-state index >= 15 is 0 Å². The Balaban J connectivity index is 1.80. The maximum atomic E-state index is 12.8. The van der Waals surface area contributed by atoms with Gasteiger partial charge in [0.15, 0.2) is 5.69 Å². The standard InChI is InChI=1S/C17H19F3N4O/c1-16(10-21)6-8-23(11-16)15(25)14-5-7-24(22-14)13-4-2-3-12(9-13)17(18,19)20/h2-5,7,9H,6,8,10-11,21H2,1H3. The van der Waals surface area contributed by atoms with Gasteiger partial charge in [-0.1, -0.05) is 13.0 Å². The molecule has 1 aliphatic heterocycles. The van der Waals surface area contributed by atoms with Crippen molar-refractivity contribution < 1.29 is 18.0 Å². The van der Waals surface area contributed by atoms with Gasteiger partial charge in [-0.05, 0) is 42.6 Å². The summed E-state index contributed by atoms with van der Waals surface area (Å²) in [4.78, 5) is 14.2. The number of rotatable bonds is 3. The highest BCUT2D eigenvalue weighted by molar-refractivity contribution is 5.92. The topological polar surface area (TPSA) is 64.2 Å². The Kier molecular flexibility index (Phi) is 4.32. The first kappa shape index (κ1) is 17.5. The second kappa shape index (κ2) is 6.18. The second-order valence-electron chi connectivity index (χ2n) is 6.69. The molecule has 0 bridgehead atoms. The molecular formula is C17H19F3N4O. The van der Waals surface area contributed by atoms with Crippen molar-refractivity contribution in [2.75, 3.05) is 19.6 Å². The minimum absolute atomic E-state index is 0.0980. The maximum absolute atomic E-state index is 12.8. The quantitative estimate of drug-likeness (QED) is 0.924. The van der Waals surface area contributed by atoms with E-state index in [1.54, 1.807) is 4.90 Å². The maximum Gasteiger partial charge on any atom is 0.416 e. The fourth-order valence-electron chi connectivity index (χ4n) is 2.93. The van der Waals surface area contributed by atoms with Crippen LogP contribution in [0.1, 0.15) is 29.4 Å². The first-order valence-corrected chi connectivity index (χ1v) is 7.94. The van der Waals surface area contributed by atoms with E-state index in [2.05, 4.69) is 5.10 Å². The Bertz CT molecular complexity index is 786. The summed E-state index contributed by atoms with van der Waals surface area (Å²) >= 11 is 0. The zero-order valence-electron chi connectivity index (χ0n) is 13.8. The molecule has 0 aliphatic carbocycles. The molecule has 1 unspecified atom stereocenters. The van der Waals surface area contributed by atoms with Crippen LogP contribution in [0.2, 0.25) is 0 Å². The average molecular weight is 352 g/mol. The number of carbonyl (C=O) groups is 1. The molecule has 5 nitrogen and oxygen atoms in total. The fraction of sp³-hybridized carbons (Fsp3) is 0.412. The number of hydrogen-bond acceptors (Lipinski definition) is 3. The van der Waals surface area contributed by atoms with Gasteiger partial charge in [0.1, 0.15) is 0 Å². The highest BCUT2D eigenvalue weighted by Crippen LogP contribution is 2.31. The van der Waals surface area contributed by atoms with Crippen LogP contribution >= 0.6 is 0 Å². The Hall–Kier alpha value is -2.35. The van der Waals surface area contributed by atoms with E-state index in [1.807, 2.05) is 6.92 Å². The number of likely N-dealkylation sites (tertiary alicyclic amines) is 1. The van der Waals surface area contributed by atoms with Crippen LogP contribution in [-0.4, -0.2) is 40.2 Å². The van der Waals surface area contributed by atoms with Gasteiger partial charge in [-0.25, -0.2) is 4.68 Å². The number of amides is 1. The molecule has 1 aliphatic rings. The first-order valence-electron chi connectivity index (χ1n) is 7.94. The number of halogens is 3.